The summed E-state index contributed by atoms with van der Waals surface area (Å²) in [6, 6.07) is 1.99. The summed E-state index contributed by atoms with van der Waals surface area (Å²) in [6.07, 6.45) is 4.26. The van der Waals surface area contributed by atoms with Gasteiger partial charge in [0.1, 0.15) is 12.1 Å². The maximum Gasteiger partial charge on any atom is 0.293 e. The van der Waals surface area contributed by atoms with Gasteiger partial charge in [0.15, 0.2) is 5.82 Å². The Balaban J connectivity index is 1.62. The lowest BCUT2D eigenvalue weighted by Gasteiger charge is -2.23. The van der Waals surface area contributed by atoms with E-state index in [2.05, 4.69) is 20.8 Å². The van der Waals surface area contributed by atoms with Crippen molar-refractivity contribution in [1.82, 2.24) is 30.0 Å². The van der Waals surface area contributed by atoms with Crippen molar-refractivity contribution in [2.45, 2.75) is 64.0 Å². The van der Waals surface area contributed by atoms with Crippen molar-refractivity contribution in [2.24, 2.45) is 0 Å². The molecule has 3 heterocycles. The summed E-state index contributed by atoms with van der Waals surface area (Å²) in [7, 11) is 0. The number of carbonyl (C=O) groups is 1. The Morgan fingerprint density at radius 1 is 1.35 bits per heavy atom. The number of fused-ring (bicyclic) bond motifs is 1. The normalized spacial score (nSPS) is 20.7. The van der Waals surface area contributed by atoms with Crippen LogP contribution >= 0.6 is 0 Å². The molecule has 26 heavy (non-hydrogen) atoms. The van der Waals surface area contributed by atoms with Crippen molar-refractivity contribution >= 4 is 11.4 Å². The molecule has 0 bridgehead atoms. The Hall–Kier alpha value is -2.22. The second kappa shape index (κ2) is 6.83. The number of hydrogen-bond acceptors (Lipinski definition) is 5. The Morgan fingerprint density at radius 2 is 2.15 bits per heavy atom. The van der Waals surface area contributed by atoms with E-state index < -0.39 is 0 Å². The van der Waals surface area contributed by atoms with Crippen LogP contribution in [0.25, 0.3) is 5.52 Å². The van der Waals surface area contributed by atoms with Crippen LogP contribution in [0.2, 0.25) is 0 Å². The molecule has 0 unspecified atom stereocenters. The van der Waals surface area contributed by atoms with Gasteiger partial charge in [0, 0.05) is 24.4 Å². The van der Waals surface area contributed by atoms with E-state index in [1.807, 2.05) is 19.9 Å². The molecule has 1 amide bonds. The molecule has 1 atom stereocenters. The summed E-state index contributed by atoms with van der Waals surface area (Å²) in [5.74, 6) is 1.10. The third-order valence-corrected chi connectivity index (χ3v) is 5.09. The van der Waals surface area contributed by atoms with E-state index in [1.165, 1.54) is 4.68 Å². The zero-order valence-electron chi connectivity index (χ0n) is 15.4. The minimum Gasteiger partial charge on any atom is -0.350 e. The maximum atomic E-state index is 12.8. The number of nitrogens with zero attached hydrogens (tertiary/aromatic N) is 4. The van der Waals surface area contributed by atoms with Crippen molar-refractivity contribution in [1.29, 1.82) is 0 Å². The van der Waals surface area contributed by atoms with Gasteiger partial charge in [-0.05, 0) is 38.3 Å². The quantitative estimate of drug-likeness (QED) is 0.823. The van der Waals surface area contributed by atoms with Crippen LogP contribution in [0.3, 0.4) is 0 Å². The molecule has 2 N–H and O–H groups in total. The van der Waals surface area contributed by atoms with Crippen LogP contribution in [0.1, 0.15) is 62.9 Å². The number of amides is 1. The summed E-state index contributed by atoms with van der Waals surface area (Å²) in [5, 5.41) is 15.3. The lowest BCUT2D eigenvalue weighted by Crippen LogP contribution is -2.47. The first kappa shape index (κ1) is 17.2. The smallest absolute Gasteiger partial charge is 0.293 e. The third-order valence-electron chi connectivity index (χ3n) is 5.09. The molecule has 8 nitrogen and oxygen atoms in total. The van der Waals surface area contributed by atoms with E-state index in [9.17, 15) is 9.59 Å². The molecule has 1 saturated heterocycles. The maximum absolute atomic E-state index is 12.8. The predicted molar refractivity (Wildman–Crippen MR) is 97.3 cm³/mol. The largest absolute Gasteiger partial charge is 0.350 e. The molecule has 2 aliphatic rings. The fourth-order valence-electron chi connectivity index (χ4n) is 3.50. The van der Waals surface area contributed by atoms with Gasteiger partial charge in [-0.15, -0.1) is 0 Å². The number of piperidine rings is 1. The molecule has 140 valence electrons. The monoisotopic (exact) mass is 358 g/mol. The number of carbonyl (C=O) groups excluding carboxylic acids is 1. The number of aromatic nitrogens is 4. The van der Waals surface area contributed by atoms with E-state index >= 15 is 0 Å². The van der Waals surface area contributed by atoms with Crippen LogP contribution < -0.4 is 16.2 Å². The van der Waals surface area contributed by atoms with Gasteiger partial charge in [-0.25, -0.2) is 9.20 Å². The highest BCUT2D eigenvalue weighted by Crippen LogP contribution is 2.39. The van der Waals surface area contributed by atoms with Gasteiger partial charge in [0.25, 0.3) is 5.56 Å². The fraction of sp³-hybridized carbons (Fsp3) is 0.667. The van der Waals surface area contributed by atoms with E-state index in [0.29, 0.717) is 17.3 Å². The molecular weight excluding hydrogens is 332 g/mol. The summed E-state index contributed by atoms with van der Waals surface area (Å²) in [4.78, 5) is 25.2. The molecule has 8 heteroatoms. The third kappa shape index (κ3) is 3.38. The van der Waals surface area contributed by atoms with E-state index in [-0.39, 0.29) is 30.0 Å². The van der Waals surface area contributed by atoms with Crippen molar-refractivity contribution in [3.8, 4) is 0 Å². The second-order valence-corrected chi connectivity index (χ2v) is 7.73. The summed E-state index contributed by atoms with van der Waals surface area (Å²) < 4.78 is 2.95. The van der Waals surface area contributed by atoms with Crippen LogP contribution in [0.4, 0.5) is 0 Å². The zero-order chi connectivity index (χ0) is 18.3. The molecule has 1 saturated carbocycles. The number of hydrogen-bond donors (Lipinski definition) is 2. The Morgan fingerprint density at radius 3 is 2.81 bits per heavy atom. The van der Waals surface area contributed by atoms with E-state index in [1.54, 1.807) is 4.52 Å². The topological polar surface area (TPSA) is 93.3 Å². The van der Waals surface area contributed by atoms with Gasteiger partial charge in [-0.1, -0.05) is 13.8 Å². The second-order valence-electron chi connectivity index (χ2n) is 7.73. The average Bonchev–Trinajstić information content (AvgIpc) is 3.37. The van der Waals surface area contributed by atoms with Gasteiger partial charge in [0.05, 0.1) is 5.69 Å². The number of nitrogens with one attached hydrogen (secondary N) is 2. The van der Waals surface area contributed by atoms with Gasteiger partial charge in [-0.3, -0.25) is 9.59 Å². The summed E-state index contributed by atoms with van der Waals surface area (Å²) in [6.45, 7) is 5.74. The highest BCUT2D eigenvalue weighted by atomic mass is 16.2. The lowest BCUT2D eigenvalue weighted by atomic mass is 10.1. The first-order chi connectivity index (χ1) is 12.5. The molecule has 2 aromatic rings. The molecule has 2 aromatic heterocycles. The minimum atomic E-state index is -0.259. The molecular formula is C18H26N6O2. The van der Waals surface area contributed by atoms with Gasteiger partial charge in [-0.2, -0.15) is 10.2 Å². The average molecular weight is 358 g/mol. The van der Waals surface area contributed by atoms with Crippen molar-refractivity contribution in [3.05, 3.63) is 27.9 Å². The van der Waals surface area contributed by atoms with Crippen LogP contribution in [0, 0.1) is 0 Å². The standard InChI is InChI=1S/C18H26N6O2/c1-11(2)17-22-23(10-16(25)20-13-4-3-7-19-9-13)18(26)15-8-14(12-5-6-12)21-24(15)17/h8,11-13,19H,3-7,9-10H2,1-2H3,(H,20,25)/t13-/m1/s1. The fourth-order valence-corrected chi connectivity index (χ4v) is 3.50. The molecule has 1 aliphatic carbocycles. The van der Waals surface area contributed by atoms with Crippen LogP contribution in [0.5, 0.6) is 0 Å². The van der Waals surface area contributed by atoms with Gasteiger partial charge >= 0.3 is 0 Å². The molecule has 0 radical (unpaired) electrons. The first-order valence-electron chi connectivity index (χ1n) is 9.53. The van der Waals surface area contributed by atoms with Crippen LogP contribution in [0.15, 0.2) is 10.9 Å². The number of rotatable bonds is 5. The SMILES string of the molecule is CC(C)c1nn(CC(=O)N[C@@H]2CCCNC2)c(=O)c2cc(C3CC3)nn12. The molecule has 2 fully saturated rings. The highest BCUT2D eigenvalue weighted by Gasteiger charge is 2.28. The van der Waals surface area contributed by atoms with Gasteiger partial charge < -0.3 is 10.6 Å². The Labute approximate surface area is 152 Å². The highest BCUT2D eigenvalue weighted by molar-refractivity contribution is 5.76. The summed E-state index contributed by atoms with van der Waals surface area (Å²) in [5.41, 5.74) is 1.21. The van der Waals surface area contributed by atoms with Crippen LogP contribution in [-0.2, 0) is 11.3 Å². The minimum absolute atomic E-state index is 0.0600. The van der Waals surface area contributed by atoms with Crippen molar-refractivity contribution in [2.75, 3.05) is 13.1 Å². The van der Waals surface area contributed by atoms with E-state index in [0.717, 1.165) is 44.5 Å². The first-order valence-corrected chi connectivity index (χ1v) is 9.53. The van der Waals surface area contributed by atoms with Crippen molar-refractivity contribution < 1.29 is 4.79 Å². The predicted octanol–water partition coefficient (Wildman–Crippen LogP) is 0.760. The molecule has 0 aromatic carbocycles. The van der Waals surface area contributed by atoms with Crippen LogP contribution in [-0.4, -0.2) is 44.4 Å². The molecule has 4 rings (SSSR count). The Kier molecular flexibility index (Phi) is 4.52. The Bertz CT molecular complexity index is 874. The molecule has 0 spiro atoms. The van der Waals surface area contributed by atoms with Gasteiger partial charge in [0.2, 0.25) is 5.91 Å². The van der Waals surface area contributed by atoms with E-state index in [4.69, 9.17) is 0 Å². The lowest BCUT2D eigenvalue weighted by molar-refractivity contribution is -0.122. The summed E-state index contributed by atoms with van der Waals surface area (Å²) >= 11 is 0. The van der Waals surface area contributed by atoms with Crippen molar-refractivity contribution in [3.63, 3.8) is 0 Å². The zero-order valence-corrected chi connectivity index (χ0v) is 15.4. The molecule has 1 aliphatic heterocycles.